The molecule has 1 amide bonds. The van der Waals surface area contributed by atoms with Gasteiger partial charge in [0, 0.05) is 23.2 Å². The van der Waals surface area contributed by atoms with Crippen molar-refractivity contribution in [1.82, 2.24) is 9.71 Å². The Bertz CT molecular complexity index is 1300. The van der Waals surface area contributed by atoms with E-state index in [2.05, 4.69) is 21.8 Å². The lowest BCUT2D eigenvalue weighted by molar-refractivity contribution is 0.0975. The number of pyridine rings is 1. The molecular formula is C26H31N3O3S. The largest absolute Gasteiger partial charge is 0.399 e. The zero-order valence-corrected chi connectivity index (χ0v) is 20.8. The van der Waals surface area contributed by atoms with Gasteiger partial charge < -0.3 is 5.73 Å². The highest BCUT2D eigenvalue weighted by atomic mass is 32.2. The van der Waals surface area contributed by atoms with E-state index in [1.54, 1.807) is 6.07 Å². The highest BCUT2D eigenvalue weighted by Gasteiger charge is 2.25. The first-order valence-corrected chi connectivity index (χ1v) is 12.3. The first kappa shape index (κ1) is 24.5. The van der Waals surface area contributed by atoms with Crippen molar-refractivity contribution in [1.29, 1.82) is 0 Å². The van der Waals surface area contributed by atoms with E-state index in [9.17, 15) is 13.2 Å². The van der Waals surface area contributed by atoms with Gasteiger partial charge >= 0.3 is 0 Å². The summed E-state index contributed by atoms with van der Waals surface area (Å²) in [5.74, 6) is -0.763. The molecule has 174 valence electrons. The van der Waals surface area contributed by atoms with E-state index >= 15 is 0 Å². The summed E-state index contributed by atoms with van der Waals surface area (Å²) < 4.78 is 27.9. The molecule has 0 atom stereocenters. The number of carbonyl (C=O) groups is 1. The number of benzene rings is 2. The lowest BCUT2D eigenvalue weighted by atomic mass is 9.89. The Morgan fingerprint density at radius 3 is 2.21 bits per heavy atom. The van der Waals surface area contributed by atoms with Crippen LogP contribution in [0.3, 0.4) is 0 Å². The quantitative estimate of drug-likeness (QED) is 0.536. The van der Waals surface area contributed by atoms with Gasteiger partial charge in [0.05, 0.1) is 4.90 Å². The molecule has 0 saturated carbocycles. The van der Waals surface area contributed by atoms with E-state index in [-0.39, 0.29) is 16.0 Å². The number of nitrogen functional groups attached to an aromatic ring is 1. The van der Waals surface area contributed by atoms with Gasteiger partial charge in [0.2, 0.25) is 0 Å². The minimum Gasteiger partial charge on any atom is -0.399 e. The molecule has 2 aromatic carbocycles. The molecule has 0 bridgehead atoms. The van der Waals surface area contributed by atoms with Gasteiger partial charge in [-0.2, -0.15) is 0 Å². The number of nitrogens with two attached hydrogens (primary N) is 1. The maximum Gasteiger partial charge on any atom is 0.283 e. The zero-order chi connectivity index (χ0) is 24.6. The van der Waals surface area contributed by atoms with Gasteiger partial charge in [0.15, 0.2) is 0 Å². The number of rotatable bonds is 5. The number of hydrogen-bond acceptors (Lipinski definition) is 5. The van der Waals surface area contributed by atoms with Crippen molar-refractivity contribution in [2.75, 3.05) is 5.73 Å². The lowest BCUT2D eigenvalue weighted by Gasteiger charge is -2.20. The van der Waals surface area contributed by atoms with Gasteiger partial charge in [0.1, 0.15) is 5.69 Å². The van der Waals surface area contributed by atoms with Gasteiger partial charge in [-0.05, 0) is 67.3 Å². The van der Waals surface area contributed by atoms with Gasteiger partial charge in [-0.1, -0.05) is 50.6 Å². The topological polar surface area (TPSA) is 102 Å². The average molecular weight is 466 g/mol. The van der Waals surface area contributed by atoms with Crippen molar-refractivity contribution >= 4 is 21.6 Å². The van der Waals surface area contributed by atoms with Crippen molar-refractivity contribution in [3.05, 3.63) is 87.7 Å². The average Bonchev–Trinajstić information content (AvgIpc) is 2.69. The van der Waals surface area contributed by atoms with Gasteiger partial charge in [0.25, 0.3) is 15.9 Å². The second-order valence-electron chi connectivity index (χ2n) is 9.52. The molecule has 3 N–H and O–H groups in total. The Hall–Kier alpha value is -3.19. The molecule has 1 heterocycles. The van der Waals surface area contributed by atoms with Crippen LogP contribution in [0, 0.1) is 20.8 Å². The molecule has 1 aromatic heterocycles. The van der Waals surface area contributed by atoms with Crippen LogP contribution < -0.4 is 10.5 Å². The van der Waals surface area contributed by atoms with E-state index in [4.69, 9.17) is 5.73 Å². The maximum absolute atomic E-state index is 13.2. The number of aryl methyl sites for hydroxylation is 3. The monoisotopic (exact) mass is 465 g/mol. The van der Waals surface area contributed by atoms with Crippen molar-refractivity contribution in [3.63, 3.8) is 0 Å². The van der Waals surface area contributed by atoms with E-state index in [0.29, 0.717) is 23.4 Å². The summed E-state index contributed by atoms with van der Waals surface area (Å²) in [5, 5.41) is 0. The number of aromatic nitrogens is 1. The van der Waals surface area contributed by atoms with E-state index in [0.717, 1.165) is 16.7 Å². The summed E-state index contributed by atoms with van der Waals surface area (Å²) in [6.45, 7) is 12.1. The fourth-order valence-electron chi connectivity index (χ4n) is 3.84. The first-order chi connectivity index (χ1) is 15.3. The van der Waals surface area contributed by atoms with Crippen LogP contribution in [0.4, 0.5) is 5.69 Å². The highest BCUT2D eigenvalue weighted by molar-refractivity contribution is 7.90. The third kappa shape index (κ3) is 5.60. The van der Waals surface area contributed by atoms with Crippen LogP contribution in [0.2, 0.25) is 0 Å². The number of nitrogens with one attached hydrogen (secondary N) is 1. The van der Waals surface area contributed by atoms with Crippen LogP contribution in [-0.4, -0.2) is 19.3 Å². The van der Waals surface area contributed by atoms with Crippen molar-refractivity contribution in [2.24, 2.45) is 0 Å². The molecule has 33 heavy (non-hydrogen) atoms. The van der Waals surface area contributed by atoms with Crippen LogP contribution in [0.15, 0.2) is 53.4 Å². The summed E-state index contributed by atoms with van der Waals surface area (Å²) in [7, 11) is -4.11. The summed E-state index contributed by atoms with van der Waals surface area (Å²) in [4.78, 5) is 17.8. The molecule has 3 rings (SSSR count). The molecule has 0 aliphatic rings. The highest BCUT2D eigenvalue weighted by Crippen LogP contribution is 2.26. The predicted octanol–water partition coefficient (Wildman–Crippen LogP) is 4.60. The van der Waals surface area contributed by atoms with E-state index < -0.39 is 15.9 Å². The van der Waals surface area contributed by atoms with Gasteiger partial charge in [-0.3, -0.25) is 4.79 Å². The molecule has 0 spiro atoms. The van der Waals surface area contributed by atoms with Gasteiger partial charge in [-0.25, -0.2) is 18.1 Å². The standard InChI is InChI=1S/C26H31N3O3S/c1-16-12-17(2)22(18(3)13-16)14-19-10-11-23(26(4,5)6)28-24(19)25(30)29-33(31,32)21-9-7-8-20(27)15-21/h7-13,15H,14,27H2,1-6H3,(H,29,30). The maximum atomic E-state index is 13.2. The van der Waals surface area contributed by atoms with Crippen molar-refractivity contribution in [2.45, 2.75) is 58.3 Å². The van der Waals surface area contributed by atoms with Crippen LogP contribution in [-0.2, 0) is 21.9 Å². The number of amides is 1. The Balaban J connectivity index is 2.06. The molecule has 0 aliphatic heterocycles. The summed E-state index contributed by atoms with van der Waals surface area (Å²) in [5.41, 5.74) is 11.7. The molecule has 0 fully saturated rings. The van der Waals surface area contributed by atoms with Gasteiger partial charge in [-0.15, -0.1) is 0 Å². The molecule has 0 radical (unpaired) electrons. The van der Waals surface area contributed by atoms with Crippen LogP contribution >= 0.6 is 0 Å². The summed E-state index contributed by atoms with van der Waals surface area (Å²) >= 11 is 0. The van der Waals surface area contributed by atoms with Crippen LogP contribution in [0.1, 0.15) is 64.8 Å². The minimum absolute atomic E-state index is 0.0744. The number of hydrogen-bond donors (Lipinski definition) is 2. The second kappa shape index (κ2) is 8.98. The van der Waals surface area contributed by atoms with Crippen molar-refractivity contribution < 1.29 is 13.2 Å². The smallest absolute Gasteiger partial charge is 0.283 e. The number of nitrogens with zero attached hydrogens (tertiary/aromatic N) is 1. The summed E-state index contributed by atoms with van der Waals surface area (Å²) in [6, 6.07) is 13.8. The summed E-state index contributed by atoms with van der Waals surface area (Å²) in [6.07, 6.45) is 0.469. The molecule has 3 aromatic rings. The predicted molar refractivity (Wildman–Crippen MR) is 132 cm³/mol. The molecule has 6 nitrogen and oxygen atoms in total. The Kier molecular flexibility index (Phi) is 6.65. The lowest BCUT2D eigenvalue weighted by Crippen LogP contribution is -2.33. The third-order valence-corrected chi connectivity index (χ3v) is 6.89. The SMILES string of the molecule is Cc1cc(C)c(Cc2ccc(C(C)(C)C)nc2C(=O)NS(=O)(=O)c2cccc(N)c2)c(C)c1. The van der Waals surface area contributed by atoms with Crippen LogP contribution in [0.25, 0.3) is 0 Å². The minimum atomic E-state index is -4.11. The fraction of sp³-hybridized carbons (Fsp3) is 0.308. The Labute approximate surface area is 196 Å². The van der Waals surface area contributed by atoms with Crippen LogP contribution in [0.5, 0.6) is 0 Å². The second-order valence-corrected chi connectivity index (χ2v) is 11.2. The molecule has 0 saturated heterocycles. The van der Waals surface area contributed by atoms with Crippen molar-refractivity contribution in [3.8, 4) is 0 Å². The molecular weight excluding hydrogens is 434 g/mol. The molecule has 0 aliphatic carbocycles. The number of anilines is 1. The normalized spacial score (nSPS) is 11.9. The Morgan fingerprint density at radius 1 is 1.00 bits per heavy atom. The zero-order valence-electron chi connectivity index (χ0n) is 20.0. The molecule has 0 unspecified atom stereocenters. The Morgan fingerprint density at radius 2 is 1.64 bits per heavy atom. The number of sulfonamides is 1. The van der Waals surface area contributed by atoms with E-state index in [1.807, 2.05) is 53.7 Å². The third-order valence-electron chi connectivity index (χ3n) is 5.57. The first-order valence-electron chi connectivity index (χ1n) is 10.8. The fourth-order valence-corrected chi connectivity index (χ4v) is 4.84. The molecule has 7 heteroatoms. The number of carbonyl (C=O) groups excluding carboxylic acids is 1. The van der Waals surface area contributed by atoms with E-state index in [1.165, 1.54) is 23.8 Å².